The monoisotopic (exact) mass is 265 g/mol. The zero-order valence-electron chi connectivity index (χ0n) is 10.1. The van der Waals surface area contributed by atoms with Crippen molar-refractivity contribution in [1.29, 1.82) is 0 Å². The SMILES string of the molecule is CC(C)OCC(N)c1ccc(F)c(C(F)(F)F)c1. The third-order valence-corrected chi connectivity index (χ3v) is 2.33. The molecule has 1 unspecified atom stereocenters. The average Bonchev–Trinajstić information content (AvgIpc) is 2.24. The summed E-state index contributed by atoms with van der Waals surface area (Å²) < 4.78 is 55.7. The lowest BCUT2D eigenvalue weighted by atomic mass is 10.0. The van der Waals surface area contributed by atoms with Gasteiger partial charge in [0.05, 0.1) is 24.3 Å². The van der Waals surface area contributed by atoms with Gasteiger partial charge in [0.15, 0.2) is 0 Å². The molecule has 1 atom stereocenters. The maximum Gasteiger partial charge on any atom is 0.419 e. The van der Waals surface area contributed by atoms with Crippen molar-refractivity contribution in [2.45, 2.75) is 32.2 Å². The smallest absolute Gasteiger partial charge is 0.377 e. The summed E-state index contributed by atoms with van der Waals surface area (Å²) in [6.07, 6.45) is -4.79. The number of ether oxygens (including phenoxy) is 1. The number of nitrogens with two attached hydrogens (primary N) is 1. The molecule has 18 heavy (non-hydrogen) atoms. The van der Waals surface area contributed by atoms with E-state index in [2.05, 4.69) is 0 Å². The Kier molecular flexibility index (Phi) is 4.70. The topological polar surface area (TPSA) is 35.2 Å². The van der Waals surface area contributed by atoms with Gasteiger partial charge >= 0.3 is 6.18 Å². The Balaban J connectivity index is 2.91. The molecule has 6 heteroatoms. The number of halogens is 4. The Labute approximate surface area is 103 Å². The van der Waals surface area contributed by atoms with Crippen molar-refractivity contribution in [2.24, 2.45) is 5.73 Å². The third kappa shape index (κ3) is 3.96. The molecule has 0 amide bonds. The fourth-order valence-corrected chi connectivity index (χ4v) is 1.38. The highest BCUT2D eigenvalue weighted by Crippen LogP contribution is 2.32. The van der Waals surface area contributed by atoms with E-state index in [0.29, 0.717) is 0 Å². The Morgan fingerprint density at radius 3 is 2.39 bits per heavy atom. The average molecular weight is 265 g/mol. The van der Waals surface area contributed by atoms with Gasteiger partial charge in [-0.1, -0.05) is 6.07 Å². The second-order valence-corrected chi connectivity index (χ2v) is 4.23. The van der Waals surface area contributed by atoms with Gasteiger partial charge in [-0.2, -0.15) is 13.2 Å². The molecule has 2 N–H and O–H groups in total. The molecule has 0 bridgehead atoms. The summed E-state index contributed by atoms with van der Waals surface area (Å²) in [5, 5.41) is 0. The predicted octanol–water partition coefficient (Wildman–Crippen LogP) is 3.27. The Morgan fingerprint density at radius 1 is 1.28 bits per heavy atom. The predicted molar refractivity (Wildman–Crippen MR) is 59.4 cm³/mol. The molecule has 102 valence electrons. The second-order valence-electron chi connectivity index (χ2n) is 4.23. The van der Waals surface area contributed by atoms with Crippen LogP contribution < -0.4 is 5.73 Å². The normalized spacial score (nSPS) is 14.0. The van der Waals surface area contributed by atoms with Crippen LogP contribution in [0.3, 0.4) is 0 Å². The molecule has 0 aromatic heterocycles. The molecule has 1 aromatic carbocycles. The summed E-state index contributed by atoms with van der Waals surface area (Å²) in [6, 6.07) is 2.02. The number of benzene rings is 1. The molecule has 2 nitrogen and oxygen atoms in total. The van der Waals surface area contributed by atoms with Gasteiger partial charge in [0.2, 0.25) is 0 Å². The fraction of sp³-hybridized carbons (Fsp3) is 0.500. The minimum atomic E-state index is -4.72. The maximum absolute atomic E-state index is 13.1. The first-order valence-corrected chi connectivity index (χ1v) is 5.45. The van der Waals surface area contributed by atoms with Gasteiger partial charge in [-0.15, -0.1) is 0 Å². The van der Waals surface area contributed by atoms with Crippen molar-refractivity contribution >= 4 is 0 Å². The molecule has 0 fully saturated rings. The van der Waals surface area contributed by atoms with Crippen LogP contribution in [-0.2, 0) is 10.9 Å². The summed E-state index contributed by atoms with van der Waals surface area (Å²) in [6.45, 7) is 3.66. The van der Waals surface area contributed by atoms with E-state index in [0.717, 1.165) is 12.1 Å². The highest BCUT2D eigenvalue weighted by molar-refractivity contribution is 5.29. The van der Waals surface area contributed by atoms with Crippen molar-refractivity contribution in [3.05, 3.63) is 35.1 Å². The molecule has 0 aliphatic rings. The van der Waals surface area contributed by atoms with E-state index in [1.54, 1.807) is 13.8 Å². The molecule has 1 aromatic rings. The first-order chi connectivity index (χ1) is 8.21. The van der Waals surface area contributed by atoms with Crippen LogP contribution in [0.5, 0.6) is 0 Å². The lowest BCUT2D eigenvalue weighted by Gasteiger charge is -2.16. The lowest BCUT2D eigenvalue weighted by Crippen LogP contribution is -2.20. The van der Waals surface area contributed by atoms with Crippen molar-refractivity contribution in [1.82, 2.24) is 0 Å². The van der Waals surface area contributed by atoms with Crippen molar-refractivity contribution in [3.63, 3.8) is 0 Å². The van der Waals surface area contributed by atoms with Crippen LogP contribution in [0.25, 0.3) is 0 Å². The summed E-state index contributed by atoms with van der Waals surface area (Å²) in [7, 11) is 0. The molecule has 0 saturated heterocycles. The number of rotatable bonds is 4. The van der Waals surface area contributed by atoms with Crippen LogP contribution in [0.4, 0.5) is 17.6 Å². The zero-order chi connectivity index (χ0) is 13.9. The molecule has 0 radical (unpaired) electrons. The van der Waals surface area contributed by atoms with E-state index < -0.39 is 23.6 Å². The summed E-state index contributed by atoms with van der Waals surface area (Å²) in [5.41, 5.74) is 4.58. The van der Waals surface area contributed by atoms with E-state index in [9.17, 15) is 17.6 Å². The van der Waals surface area contributed by atoms with E-state index in [1.165, 1.54) is 6.07 Å². The van der Waals surface area contributed by atoms with Gasteiger partial charge < -0.3 is 10.5 Å². The van der Waals surface area contributed by atoms with Gasteiger partial charge in [0, 0.05) is 0 Å². The zero-order valence-corrected chi connectivity index (χ0v) is 10.1. The van der Waals surface area contributed by atoms with E-state index in [1.807, 2.05) is 0 Å². The molecule has 0 heterocycles. The summed E-state index contributed by atoms with van der Waals surface area (Å²) in [5.74, 6) is -1.30. The van der Waals surface area contributed by atoms with Gasteiger partial charge in [0.25, 0.3) is 0 Å². The maximum atomic E-state index is 13.1. The van der Waals surface area contributed by atoms with Crippen molar-refractivity contribution < 1.29 is 22.3 Å². The minimum Gasteiger partial charge on any atom is -0.377 e. The van der Waals surface area contributed by atoms with Crippen LogP contribution >= 0.6 is 0 Å². The second kappa shape index (κ2) is 5.67. The molecule has 0 spiro atoms. The standard InChI is InChI=1S/C12H15F4NO/c1-7(2)18-6-11(17)8-3-4-10(13)9(5-8)12(14,15)16/h3-5,7,11H,6,17H2,1-2H3. The highest BCUT2D eigenvalue weighted by Gasteiger charge is 2.34. The molecule has 1 rings (SSSR count). The Morgan fingerprint density at radius 2 is 1.89 bits per heavy atom. The van der Waals surface area contributed by atoms with E-state index in [-0.39, 0.29) is 18.3 Å². The van der Waals surface area contributed by atoms with Crippen LogP contribution in [0.2, 0.25) is 0 Å². The van der Waals surface area contributed by atoms with Crippen LogP contribution in [0.1, 0.15) is 31.0 Å². The van der Waals surface area contributed by atoms with Crippen LogP contribution in [0, 0.1) is 5.82 Å². The number of hydrogen-bond acceptors (Lipinski definition) is 2. The number of alkyl halides is 3. The van der Waals surface area contributed by atoms with Crippen molar-refractivity contribution in [2.75, 3.05) is 6.61 Å². The lowest BCUT2D eigenvalue weighted by molar-refractivity contribution is -0.140. The van der Waals surface area contributed by atoms with Crippen LogP contribution in [0.15, 0.2) is 18.2 Å². The molecular weight excluding hydrogens is 250 g/mol. The Bertz CT molecular complexity index is 404. The third-order valence-electron chi connectivity index (χ3n) is 2.33. The quantitative estimate of drug-likeness (QED) is 0.848. The van der Waals surface area contributed by atoms with E-state index >= 15 is 0 Å². The number of hydrogen-bond donors (Lipinski definition) is 1. The fourth-order valence-electron chi connectivity index (χ4n) is 1.38. The molecule has 0 saturated carbocycles. The molecular formula is C12H15F4NO. The van der Waals surface area contributed by atoms with Crippen molar-refractivity contribution in [3.8, 4) is 0 Å². The first-order valence-electron chi connectivity index (χ1n) is 5.45. The molecule has 0 aliphatic carbocycles. The minimum absolute atomic E-state index is 0.0708. The summed E-state index contributed by atoms with van der Waals surface area (Å²) >= 11 is 0. The van der Waals surface area contributed by atoms with Gasteiger partial charge in [-0.25, -0.2) is 4.39 Å². The largest absolute Gasteiger partial charge is 0.419 e. The van der Waals surface area contributed by atoms with Gasteiger partial charge in [-0.05, 0) is 31.5 Å². The Hall–Kier alpha value is -1.14. The first kappa shape index (κ1) is 14.9. The highest BCUT2D eigenvalue weighted by atomic mass is 19.4. The van der Waals surface area contributed by atoms with Gasteiger partial charge in [-0.3, -0.25) is 0 Å². The summed E-state index contributed by atoms with van der Waals surface area (Å²) in [4.78, 5) is 0. The van der Waals surface area contributed by atoms with Gasteiger partial charge in [0.1, 0.15) is 5.82 Å². The molecule has 0 aliphatic heterocycles. The van der Waals surface area contributed by atoms with E-state index in [4.69, 9.17) is 10.5 Å². The van der Waals surface area contributed by atoms with Crippen LogP contribution in [-0.4, -0.2) is 12.7 Å².